The number of hydrogen-bond acceptors (Lipinski definition) is 5. The lowest BCUT2D eigenvalue weighted by atomic mass is 9.94. The van der Waals surface area contributed by atoms with Crippen LogP contribution in [0, 0.1) is 5.41 Å². The summed E-state index contributed by atoms with van der Waals surface area (Å²) in [5, 5.41) is 31.4. The molecule has 7 nitrogen and oxygen atoms in total. The van der Waals surface area contributed by atoms with Crippen LogP contribution in [0.4, 0.5) is 0 Å². The number of phenolic OH excluding ortho intramolecular Hbond substituents is 3. The predicted octanol–water partition coefficient (Wildman–Crippen LogP) is 1.57. The molecule has 1 aliphatic heterocycles. The fourth-order valence-corrected chi connectivity index (χ4v) is 2.54. The molecule has 0 saturated carbocycles. The molecule has 0 spiro atoms. The minimum atomic E-state index is -0.643. The van der Waals surface area contributed by atoms with Crippen molar-refractivity contribution in [1.29, 1.82) is 0 Å². The Bertz CT molecular complexity index is 620. The molecule has 1 aromatic carbocycles. The van der Waals surface area contributed by atoms with Crippen molar-refractivity contribution in [2.75, 3.05) is 13.1 Å². The summed E-state index contributed by atoms with van der Waals surface area (Å²) in [5.74, 6) is -2.06. The van der Waals surface area contributed by atoms with Crippen molar-refractivity contribution in [1.82, 2.24) is 10.2 Å². The first-order chi connectivity index (χ1) is 11.1. The molecule has 0 bridgehead atoms. The first-order valence-corrected chi connectivity index (χ1v) is 7.95. The molecule has 0 aliphatic carbocycles. The van der Waals surface area contributed by atoms with E-state index in [1.165, 1.54) is 0 Å². The molecule has 2 rings (SSSR count). The molecule has 0 atom stereocenters. The van der Waals surface area contributed by atoms with Crippen LogP contribution in [0.15, 0.2) is 12.1 Å². The number of nitrogens with zero attached hydrogens (tertiary/aromatic N) is 1. The van der Waals surface area contributed by atoms with Gasteiger partial charge in [0.25, 0.3) is 5.91 Å². The van der Waals surface area contributed by atoms with E-state index in [4.69, 9.17) is 0 Å². The summed E-state index contributed by atoms with van der Waals surface area (Å²) < 4.78 is 0. The van der Waals surface area contributed by atoms with Crippen LogP contribution in [0.25, 0.3) is 0 Å². The Kier molecular flexibility index (Phi) is 4.91. The van der Waals surface area contributed by atoms with E-state index >= 15 is 0 Å². The average molecular weight is 336 g/mol. The van der Waals surface area contributed by atoms with Gasteiger partial charge in [-0.25, -0.2) is 0 Å². The number of carbonyl (C=O) groups excluding carboxylic acids is 2. The summed E-state index contributed by atoms with van der Waals surface area (Å²) in [6.45, 7) is 6.49. The second kappa shape index (κ2) is 6.59. The molecule has 7 heteroatoms. The van der Waals surface area contributed by atoms with Gasteiger partial charge >= 0.3 is 0 Å². The van der Waals surface area contributed by atoms with Gasteiger partial charge in [-0.2, -0.15) is 0 Å². The third-order valence-corrected chi connectivity index (χ3v) is 4.12. The van der Waals surface area contributed by atoms with Crippen LogP contribution >= 0.6 is 0 Å². The number of rotatable bonds is 2. The lowest BCUT2D eigenvalue weighted by Gasteiger charge is -2.33. The zero-order valence-corrected chi connectivity index (χ0v) is 14.2. The maximum Gasteiger partial charge on any atom is 0.254 e. The van der Waals surface area contributed by atoms with Gasteiger partial charge < -0.3 is 25.5 Å². The first kappa shape index (κ1) is 17.9. The van der Waals surface area contributed by atoms with Crippen LogP contribution < -0.4 is 5.32 Å². The number of piperidine rings is 1. The molecule has 0 aromatic heterocycles. The Morgan fingerprint density at radius 1 is 1.08 bits per heavy atom. The summed E-state index contributed by atoms with van der Waals surface area (Å²) in [6, 6.07) is 2.29. The van der Waals surface area contributed by atoms with Crippen LogP contribution in [0.3, 0.4) is 0 Å². The van der Waals surface area contributed by atoms with Crippen LogP contribution in [0.1, 0.15) is 44.0 Å². The number of carbonyl (C=O) groups is 2. The Labute approximate surface area is 140 Å². The summed E-state index contributed by atoms with van der Waals surface area (Å²) in [7, 11) is 0. The van der Waals surface area contributed by atoms with Crippen LogP contribution in [-0.2, 0) is 4.79 Å². The van der Waals surface area contributed by atoms with Gasteiger partial charge in [-0.3, -0.25) is 9.59 Å². The normalized spacial score (nSPS) is 16.0. The zero-order chi connectivity index (χ0) is 18.1. The van der Waals surface area contributed by atoms with Crippen molar-refractivity contribution in [3.8, 4) is 17.2 Å². The molecule has 4 N–H and O–H groups in total. The van der Waals surface area contributed by atoms with E-state index in [0.717, 1.165) is 12.1 Å². The number of likely N-dealkylation sites (tertiary alicyclic amines) is 1. The van der Waals surface area contributed by atoms with Crippen molar-refractivity contribution in [3.63, 3.8) is 0 Å². The first-order valence-electron chi connectivity index (χ1n) is 7.95. The molecule has 1 aliphatic rings. The summed E-state index contributed by atoms with van der Waals surface area (Å²) >= 11 is 0. The Morgan fingerprint density at radius 3 is 2.04 bits per heavy atom. The van der Waals surface area contributed by atoms with Crippen molar-refractivity contribution < 1.29 is 24.9 Å². The minimum absolute atomic E-state index is 0.0133. The van der Waals surface area contributed by atoms with Crippen molar-refractivity contribution in [2.24, 2.45) is 5.41 Å². The topological polar surface area (TPSA) is 110 Å². The Hall–Kier alpha value is -2.44. The van der Waals surface area contributed by atoms with E-state index in [1.807, 2.05) is 20.8 Å². The highest BCUT2D eigenvalue weighted by Gasteiger charge is 2.28. The molecule has 24 heavy (non-hydrogen) atoms. The minimum Gasteiger partial charge on any atom is -0.504 e. The fourth-order valence-electron chi connectivity index (χ4n) is 2.54. The van der Waals surface area contributed by atoms with Gasteiger partial charge in [0.1, 0.15) is 0 Å². The molecular formula is C17H24N2O5. The third-order valence-electron chi connectivity index (χ3n) is 4.12. The van der Waals surface area contributed by atoms with E-state index in [-0.39, 0.29) is 23.4 Å². The van der Waals surface area contributed by atoms with Crippen molar-refractivity contribution in [3.05, 3.63) is 17.7 Å². The lowest BCUT2D eigenvalue weighted by Crippen LogP contribution is -2.49. The van der Waals surface area contributed by atoms with E-state index in [2.05, 4.69) is 5.32 Å². The fraction of sp³-hybridized carbons (Fsp3) is 0.529. The van der Waals surface area contributed by atoms with E-state index in [9.17, 15) is 24.9 Å². The SMILES string of the molecule is CC(C)(C)C(=O)NC1CCN(C(=O)c2cc(O)c(O)c(O)c2)CC1. The van der Waals surface area contributed by atoms with Crippen LogP contribution in [-0.4, -0.2) is 51.2 Å². The summed E-state index contributed by atoms with van der Waals surface area (Å²) in [4.78, 5) is 26.0. The van der Waals surface area contributed by atoms with E-state index in [0.29, 0.717) is 25.9 Å². The summed E-state index contributed by atoms with van der Waals surface area (Å²) in [5.41, 5.74) is -0.339. The van der Waals surface area contributed by atoms with Crippen LogP contribution in [0.2, 0.25) is 0 Å². The molecule has 2 amide bonds. The quantitative estimate of drug-likeness (QED) is 0.613. The molecule has 1 fully saturated rings. The number of benzene rings is 1. The standard InChI is InChI=1S/C17H24N2O5/c1-17(2,3)16(24)18-11-4-6-19(7-5-11)15(23)10-8-12(20)14(22)13(21)9-10/h8-9,11,20-22H,4-7H2,1-3H3,(H,18,24). The molecule has 1 saturated heterocycles. The maximum absolute atomic E-state index is 12.4. The lowest BCUT2D eigenvalue weighted by molar-refractivity contribution is -0.129. The van der Waals surface area contributed by atoms with E-state index in [1.54, 1.807) is 4.90 Å². The predicted molar refractivity (Wildman–Crippen MR) is 88.0 cm³/mol. The third kappa shape index (κ3) is 3.90. The molecule has 1 heterocycles. The molecular weight excluding hydrogens is 312 g/mol. The van der Waals surface area contributed by atoms with Gasteiger partial charge in [-0.15, -0.1) is 0 Å². The highest BCUT2D eigenvalue weighted by Crippen LogP contribution is 2.35. The number of phenols is 3. The second-order valence-electron chi connectivity index (χ2n) is 7.15. The molecule has 1 aromatic rings. The zero-order valence-electron chi connectivity index (χ0n) is 14.2. The van der Waals surface area contributed by atoms with Gasteiger partial charge in [-0.05, 0) is 25.0 Å². The second-order valence-corrected chi connectivity index (χ2v) is 7.15. The highest BCUT2D eigenvalue weighted by atomic mass is 16.3. The number of amides is 2. The molecule has 132 valence electrons. The van der Waals surface area contributed by atoms with Gasteiger partial charge in [0.15, 0.2) is 17.2 Å². The number of aromatic hydroxyl groups is 3. The number of nitrogens with one attached hydrogen (secondary N) is 1. The van der Waals surface area contributed by atoms with Gasteiger partial charge in [0, 0.05) is 30.1 Å². The van der Waals surface area contributed by atoms with Gasteiger partial charge in [0.2, 0.25) is 5.91 Å². The van der Waals surface area contributed by atoms with E-state index < -0.39 is 22.7 Å². The van der Waals surface area contributed by atoms with Crippen LogP contribution in [0.5, 0.6) is 17.2 Å². The molecule has 0 radical (unpaired) electrons. The maximum atomic E-state index is 12.4. The van der Waals surface area contributed by atoms with Crippen molar-refractivity contribution >= 4 is 11.8 Å². The van der Waals surface area contributed by atoms with Gasteiger partial charge in [-0.1, -0.05) is 20.8 Å². The summed E-state index contributed by atoms with van der Waals surface area (Å²) in [6.07, 6.45) is 1.28. The average Bonchev–Trinajstić information content (AvgIpc) is 2.51. The Morgan fingerprint density at radius 2 is 1.58 bits per heavy atom. The Balaban J connectivity index is 1.97. The van der Waals surface area contributed by atoms with Gasteiger partial charge in [0.05, 0.1) is 0 Å². The molecule has 0 unspecified atom stereocenters. The monoisotopic (exact) mass is 336 g/mol. The smallest absolute Gasteiger partial charge is 0.254 e. The number of hydrogen-bond donors (Lipinski definition) is 4. The highest BCUT2D eigenvalue weighted by molar-refractivity contribution is 5.95. The largest absolute Gasteiger partial charge is 0.504 e. The van der Waals surface area contributed by atoms with Crippen molar-refractivity contribution in [2.45, 2.75) is 39.7 Å².